The van der Waals surface area contributed by atoms with Crippen molar-refractivity contribution < 1.29 is 12.4 Å². The standard InChI is InChI=1S/C16H18N3S.C8H12N2.ClH/c1-18(2)11-5-7-13-15(9-11)20-16-10-12(19(3)4)6-8-14(16)17-13;1-10(2)8-5-3-7(9)4-6-8;/h5-10H,1-4H3;3-6H,9H2,1-2H3;1H/q+1;;/p-1. The van der Waals surface area contributed by atoms with E-state index in [-0.39, 0.29) is 12.4 Å². The fourth-order valence-electron chi connectivity index (χ4n) is 2.93. The number of hydrogen-bond acceptors (Lipinski definition) is 5. The highest BCUT2D eigenvalue weighted by molar-refractivity contribution is 7.21. The van der Waals surface area contributed by atoms with Crippen LogP contribution in [0.5, 0.6) is 0 Å². The summed E-state index contributed by atoms with van der Waals surface area (Å²) < 4.78 is 3.34. The van der Waals surface area contributed by atoms with Crippen molar-refractivity contribution in [2.45, 2.75) is 0 Å². The molecule has 1 aliphatic carbocycles. The largest absolute Gasteiger partial charge is 1.00 e. The van der Waals surface area contributed by atoms with Crippen molar-refractivity contribution in [2.24, 2.45) is 0 Å². The summed E-state index contributed by atoms with van der Waals surface area (Å²) in [5, 5.41) is 1.21. The van der Waals surface area contributed by atoms with Crippen LogP contribution in [-0.4, -0.2) is 47.3 Å². The summed E-state index contributed by atoms with van der Waals surface area (Å²) in [7, 11) is 12.3. The van der Waals surface area contributed by atoms with Crippen LogP contribution in [0.1, 0.15) is 0 Å². The molecule has 0 saturated heterocycles. The number of rotatable bonds is 2. The molecular formula is C24H30ClN5S. The minimum absolute atomic E-state index is 0. The molecule has 2 N–H and O–H groups in total. The van der Waals surface area contributed by atoms with E-state index in [1.54, 1.807) is 11.3 Å². The van der Waals surface area contributed by atoms with Gasteiger partial charge in [0.05, 0.1) is 20.8 Å². The molecule has 4 rings (SSSR count). The van der Waals surface area contributed by atoms with Gasteiger partial charge in [0.2, 0.25) is 5.36 Å². The van der Waals surface area contributed by atoms with E-state index in [4.69, 9.17) is 10.7 Å². The van der Waals surface area contributed by atoms with Gasteiger partial charge in [-0.3, -0.25) is 0 Å². The third-order valence-corrected chi connectivity index (χ3v) is 5.88. The number of fused-ring (bicyclic) bond motifs is 2. The van der Waals surface area contributed by atoms with E-state index in [0.717, 1.165) is 16.9 Å². The zero-order valence-electron chi connectivity index (χ0n) is 18.9. The molecule has 1 aliphatic heterocycles. The van der Waals surface area contributed by atoms with Gasteiger partial charge >= 0.3 is 0 Å². The Labute approximate surface area is 194 Å². The molecule has 0 amide bonds. The molecule has 2 aromatic carbocycles. The molecule has 0 fully saturated rings. The van der Waals surface area contributed by atoms with Crippen molar-refractivity contribution in [3.8, 4) is 10.6 Å². The van der Waals surface area contributed by atoms with Crippen LogP contribution >= 0.6 is 11.3 Å². The van der Waals surface area contributed by atoms with E-state index in [1.807, 2.05) is 43.3 Å². The molecule has 2 aromatic rings. The van der Waals surface area contributed by atoms with E-state index in [0.29, 0.717) is 0 Å². The van der Waals surface area contributed by atoms with Gasteiger partial charge in [0, 0.05) is 57.4 Å². The number of aromatic nitrogens is 1. The number of nitrogens with zero attached hydrogens (tertiary/aromatic N) is 4. The minimum atomic E-state index is 0. The Balaban J connectivity index is 0.000000264. The summed E-state index contributed by atoms with van der Waals surface area (Å²) in [5.74, 6) is 0. The highest BCUT2D eigenvalue weighted by Gasteiger charge is 2.09. The predicted molar refractivity (Wildman–Crippen MR) is 133 cm³/mol. The number of nitrogens with two attached hydrogens (primary N) is 1. The Kier molecular flexibility index (Phi) is 8.25. The lowest BCUT2D eigenvalue weighted by Crippen LogP contribution is -3.00. The summed E-state index contributed by atoms with van der Waals surface area (Å²) in [6.07, 6.45) is 0. The van der Waals surface area contributed by atoms with Crippen LogP contribution in [0.15, 0.2) is 60.7 Å². The Morgan fingerprint density at radius 1 is 0.806 bits per heavy atom. The first-order valence-electron chi connectivity index (χ1n) is 9.80. The summed E-state index contributed by atoms with van der Waals surface area (Å²) in [5.41, 5.74) is 10.8. The monoisotopic (exact) mass is 455 g/mol. The van der Waals surface area contributed by atoms with Crippen molar-refractivity contribution >= 4 is 38.6 Å². The van der Waals surface area contributed by atoms with E-state index < -0.39 is 0 Å². The summed E-state index contributed by atoms with van der Waals surface area (Å²) in [6, 6.07) is 20.6. The molecule has 0 spiro atoms. The van der Waals surface area contributed by atoms with Gasteiger partial charge in [-0.1, -0.05) is 0 Å². The molecule has 0 aromatic heterocycles. The van der Waals surface area contributed by atoms with Gasteiger partial charge in [0.15, 0.2) is 0 Å². The van der Waals surface area contributed by atoms with Crippen LogP contribution in [0.4, 0.5) is 17.1 Å². The Bertz CT molecular complexity index is 1180. The zero-order chi connectivity index (χ0) is 21.8. The maximum absolute atomic E-state index is 5.51. The van der Waals surface area contributed by atoms with E-state index in [9.17, 15) is 0 Å². The van der Waals surface area contributed by atoms with Gasteiger partial charge in [-0.15, -0.1) is 11.3 Å². The van der Waals surface area contributed by atoms with Crippen LogP contribution < -0.4 is 37.9 Å². The summed E-state index contributed by atoms with van der Waals surface area (Å²) in [6.45, 7) is 0. The molecule has 5 nitrogen and oxygen atoms in total. The molecule has 2 aliphatic rings. The smallest absolute Gasteiger partial charge is 0.201 e. The second kappa shape index (κ2) is 10.5. The van der Waals surface area contributed by atoms with Crippen LogP contribution in [0, 0.1) is 0 Å². The molecule has 0 saturated carbocycles. The normalized spacial score (nSPS) is 10.1. The van der Waals surface area contributed by atoms with Crippen molar-refractivity contribution in [1.82, 2.24) is 9.56 Å². The summed E-state index contributed by atoms with van der Waals surface area (Å²) >= 11 is 1.80. The lowest BCUT2D eigenvalue weighted by atomic mass is 10.2. The molecule has 0 bridgehead atoms. The highest BCUT2D eigenvalue weighted by Crippen LogP contribution is 2.31. The first-order chi connectivity index (χ1) is 14.2. The fourth-order valence-corrected chi connectivity index (χ4v) is 3.96. The molecule has 7 heteroatoms. The molecule has 0 unspecified atom stereocenters. The van der Waals surface area contributed by atoms with Crippen molar-refractivity contribution in [3.05, 3.63) is 66.0 Å². The number of hydrogen-bond donors (Lipinski definition) is 1. The Morgan fingerprint density at radius 3 is 2.00 bits per heavy atom. The predicted octanol–water partition coefficient (Wildman–Crippen LogP) is 0.838. The van der Waals surface area contributed by atoms with E-state index >= 15 is 0 Å². The maximum atomic E-state index is 5.51. The zero-order valence-corrected chi connectivity index (χ0v) is 20.5. The van der Waals surface area contributed by atoms with Crippen LogP contribution in [0.3, 0.4) is 0 Å². The second-order valence-electron chi connectivity index (χ2n) is 7.79. The molecule has 0 atom stereocenters. The van der Waals surface area contributed by atoms with Crippen LogP contribution in [0.25, 0.3) is 20.8 Å². The number of nitrogen functional groups attached to an aromatic ring is 1. The lowest BCUT2D eigenvalue weighted by molar-refractivity contribution is -0.00000625. The molecule has 1 heterocycles. The molecule has 31 heavy (non-hydrogen) atoms. The molecule has 164 valence electrons. The average molecular weight is 456 g/mol. The van der Waals surface area contributed by atoms with Gasteiger partial charge in [0.1, 0.15) is 14.1 Å². The fraction of sp³-hybridized carbons (Fsp3) is 0.250. The Morgan fingerprint density at radius 2 is 1.42 bits per heavy atom. The van der Waals surface area contributed by atoms with Gasteiger partial charge in [-0.05, 0) is 48.5 Å². The van der Waals surface area contributed by atoms with Gasteiger partial charge in [-0.2, -0.15) is 0 Å². The summed E-state index contributed by atoms with van der Waals surface area (Å²) in [4.78, 5) is 10.1. The number of benzene rings is 3. The van der Waals surface area contributed by atoms with Gasteiger partial charge in [-0.25, -0.2) is 9.56 Å². The van der Waals surface area contributed by atoms with Crippen LogP contribution in [0.2, 0.25) is 0 Å². The third-order valence-electron chi connectivity index (χ3n) is 4.79. The average Bonchev–Trinajstić information content (AvgIpc) is 2.72. The first kappa shape index (κ1) is 24.4. The number of anilines is 3. The topological polar surface area (TPSA) is 48.4 Å². The highest BCUT2D eigenvalue weighted by atomic mass is 35.5. The minimum Gasteiger partial charge on any atom is -1.00 e. The van der Waals surface area contributed by atoms with Crippen LogP contribution in [-0.2, 0) is 0 Å². The molecular weight excluding hydrogens is 426 g/mol. The van der Waals surface area contributed by atoms with E-state index in [2.05, 4.69) is 74.1 Å². The van der Waals surface area contributed by atoms with Gasteiger partial charge < -0.3 is 27.9 Å². The molecule has 0 radical (unpaired) electrons. The van der Waals surface area contributed by atoms with E-state index in [1.165, 1.54) is 26.3 Å². The quantitative estimate of drug-likeness (QED) is 0.276. The van der Waals surface area contributed by atoms with Crippen molar-refractivity contribution in [3.63, 3.8) is 0 Å². The third kappa shape index (κ3) is 6.09. The van der Waals surface area contributed by atoms with Crippen molar-refractivity contribution in [2.75, 3.05) is 57.8 Å². The SMILES string of the molecule is CN(C)c1ccc(N)cc1.CN(C)c1ccc2nc3ccc(=[N+](C)C)cc-3sc2c1.[Cl-]. The van der Waals surface area contributed by atoms with Crippen molar-refractivity contribution in [1.29, 1.82) is 0 Å². The number of halogens is 1. The second-order valence-corrected chi connectivity index (χ2v) is 8.88. The van der Waals surface area contributed by atoms with Gasteiger partial charge in [0.25, 0.3) is 0 Å². The Hall–Kier alpha value is -2.83. The maximum Gasteiger partial charge on any atom is 0.201 e. The lowest BCUT2D eigenvalue weighted by Gasteiger charge is -2.13. The first-order valence-corrected chi connectivity index (χ1v) is 10.6.